The normalized spacial score (nSPS) is 10.9. The highest BCUT2D eigenvalue weighted by atomic mass is 32.1. The van der Waals surface area contributed by atoms with E-state index in [9.17, 15) is 9.59 Å². The molecule has 0 spiro atoms. The number of rotatable bonds is 4. The molecule has 3 aromatic heterocycles. The zero-order chi connectivity index (χ0) is 18.8. The van der Waals surface area contributed by atoms with Gasteiger partial charge < -0.3 is 5.32 Å². The van der Waals surface area contributed by atoms with Gasteiger partial charge in [-0.1, -0.05) is 11.3 Å². The average molecular weight is 377 g/mol. The molecule has 0 saturated carbocycles. The first-order chi connectivity index (χ1) is 13.1. The average Bonchev–Trinajstić information content (AvgIpc) is 3.09. The summed E-state index contributed by atoms with van der Waals surface area (Å²) in [5.41, 5.74) is 2.83. The lowest BCUT2D eigenvalue weighted by Gasteiger charge is -2.07. The first-order valence-electron chi connectivity index (χ1n) is 8.25. The van der Waals surface area contributed by atoms with Crippen molar-refractivity contribution in [1.29, 1.82) is 0 Å². The number of aryl methyl sites for hydroxylation is 1. The van der Waals surface area contributed by atoms with Crippen molar-refractivity contribution in [3.8, 4) is 10.6 Å². The SMILES string of the molecule is Cc1ccc(=O)n(CC(=O)Nc2ccc(-c3nc4cccnc4s3)cc2)n1. The second-order valence-electron chi connectivity index (χ2n) is 5.94. The van der Waals surface area contributed by atoms with E-state index in [4.69, 9.17) is 0 Å². The maximum Gasteiger partial charge on any atom is 0.267 e. The Labute approximate surface area is 158 Å². The lowest BCUT2D eigenvalue weighted by molar-refractivity contribution is -0.117. The number of thiazole rings is 1. The highest BCUT2D eigenvalue weighted by molar-refractivity contribution is 7.21. The third kappa shape index (κ3) is 3.75. The van der Waals surface area contributed by atoms with Crippen LogP contribution in [0.2, 0.25) is 0 Å². The summed E-state index contributed by atoms with van der Waals surface area (Å²) in [7, 11) is 0. The summed E-state index contributed by atoms with van der Waals surface area (Å²) in [5.74, 6) is -0.313. The number of hydrogen-bond acceptors (Lipinski definition) is 6. The Bertz CT molecular complexity index is 1150. The molecule has 4 aromatic rings. The number of hydrogen-bond donors (Lipinski definition) is 1. The molecule has 27 heavy (non-hydrogen) atoms. The lowest BCUT2D eigenvalue weighted by Crippen LogP contribution is -2.29. The summed E-state index contributed by atoms with van der Waals surface area (Å²) in [6, 6.07) is 14.2. The molecule has 1 aromatic carbocycles. The third-order valence-corrected chi connectivity index (χ3v) is 4.90. The molecule has 0 saturated heterocycles. The van der Waals surface area contributed by atoms with Crippen molar-refractivity contribution in [2.75, 3.05) is 5.32 Å². The molecule has 0 aliphatic carbocycles. The predicted molar refractivity (Wildman–Crippen MR) is 105 cm³/mol. The van der Waals surface area contributed by atoms with Crippen molar-refractivity contribution in [3.63, 3.8) is 0 Å². The fourth-order valence-corrected chi connectivity index (χ4v) is 3.50. The van der Waals surface area contributed by atoms with E-state index in [0.717, 1.165) is 25.6 Å². The molecule has 0 aliphatic heterocycles. The minimum Gasteiger partial charge on any atom is -0.324 e. The fraction of sp³-hybridized carbons (Fsp3) is 0.105. The van der Waals surface area contributed by atoms with Gasteiger partial charge in [0.15, 0.2) is 0 Å². The minimum atomic E-state index is -0.313. The quantitative estimate of drug-likeness (QED) is 0.591. The van der Waals surface area contributed by atoms with Gasteiger partial charge in [-0.3, -0.25) is 9.59 Å². The number of benzene rings is 1. The van der Waals surface area contributed by atoms with Crippen molar-refractivity contribution in [1.82, 2.24) is 19.7 Å². The molecule has 0 aliphatic rings. The van der Waals surface area contributed by atoms with E-state index in [1.165, 1.54) is 17.4 Å². The van der Waals surface area contributed by atoms with E-state index in [1.807, 2.05) is 24.3 Å². The van der Waals surface area contributed by atoms with Crippen LogP contribution in [0.15, 0.2) is 59.5 Å². The second-order valence-corrected chi connectivity index (χ2v) is 6.92. The van der Waals surface area contributed by atoms with Crippen LogP contribution < -0.4 is 10.9 Å². The Kier molecular flexibility index (Phi) is 4.47. The van der Waals surface area contributed by atoms with Crippen LogP contribution in [-0.4, -0.2) is 25.7 Å². The minimum absolute atomic E-state index is 0.133. The number of fused-ring (bicyclic) bond motifs is 1. The second kappa shape index (κ2) is 7.08. The van der Waals surface area contributed by atoms with E-state index in [-0.39, 0.29) is 18.0 Å². The highest BCUT2D eigenvalue weighted by Crippen LogP contribution is 2.29. The van der Waals surface area contributed by atoms with Crippen LogP contribution >= 0.6 is 11.3 Å². The molecule has 0 fully saturated rings. The van der Waals surface area contributed by atoms with Gasteiger partial charge in [0.1, 0.15) is 21.9 Å². The van der Waals surface area contributed by atoms with Crippen LogP contribution in [0.4, 0.5) is 5.69 Å². The summed E-state index contributed by atoms with van der Waals surface area (Å²) in [6.07, 6.45) is 1.75. The predicted octanol–water partition coefficient (Wildman–Crippen LogP) is 2.86. The van der Waals surface area contributed by atoms with Gasteiger partial charge in [0.25, 0.3) is 5.56 Å². The third-order valence-electron chi connectivity index (χ3n) is 3.88. The van der Waals surface area contributed by atoms with Gasteiger partial charge in [0.05, 0.1) is 5.69 Å². The van der Waals surface area contributed by atoms with Crippen LogP contribution in [0.25, 0.3) is 20.9 Å². The lowest BCUT2D eigenvalue weighted by atomic mass is 10.2. The Morgan fingerprint density at radius 3 is 2.74 bits per heavy atom. The Hall–Kier alpha value is -3.39. The molecule has 134 valence electrons. The van der Waals surface area contributed by atoms with Gasteiger partial charge in [0, 0.05) is 23.5 Å². The van der Waals surface area contributed by atoms with Crippen LogP contribution in [0.5, 0.6) is 0 Å². The number of aromatic nitrogens is 4. The van der Waals surface area contributed by atoms with E-state index in [1.54, 1.807) is 31.3 Å². The zero-order valence-electron chi connectivity index (χ0n) is 14.4. The highest BCUT2D eigenvalue weighted by Gasteiger charge is 2.09. The van der Waals surface area contributed by atoms with Crippen LogP contribution in [0.1, 0.15) is 5.69 Å². The largest absolute Gasteiger partial charge is 0.324 e. The van der Waals surface area contributed by atoms with Crippen LogP contribution in [0, 0.1) is 6.92 Å². The van der Waals surface area contributed by atoms with E-state index < -0.39 is 0 Å². The number of nitrogens with zero attached hydrogens (tertiary/aromatic N) is 4. The van der Waals surface area contributed by atoms with Crippen LogP contribution in [0.3, 0.4) is 0 Å². The van der Waals surface area contributed by atoms with Crippen molar-refractivity contribution >= 4 is 33.3 Å². The zero-order valence-corrected chi connectivity index (χ0v) is 15.2. The molecule has 8 heteroatoms. The monoisotopic (exact) mass is 377 g/mol. The molecule has 1 amide bonds. The number of pyridine rings is 1. The molecule has 0 radical (unpaired) electrons. The van der Waals surface area contributed by atoms with E-state index >= 15 is 0 Å². The van der Waals surface area contributed by atoms with E-state index in [0.29, 0.717) is 11.4 Å². The molecule has 0 bridgehead atoms. The number of carbonyl (C=O) groups excluding carboxylic acids is 1. The van der Waals surface area contributed by atoms with Gasteiger partial charge in [-0.05, 0) is 49.4 Å². The Morgan fingerprint density at radius 1 is 1.15 bits per heavy atom. The first kappa shape index (κ1) is 17.0. The van der Waals surface area contributed by atoms with Crippen molar-refractivity contribution in [3.05, 3.63) is 70.8 Å². The summed E-state index contributed by atoms with van der Waals surface area (Å²) >= 11 is 1.52. The van der Waals surface area contributed by atoms with Gasteiger partial charge in [-0.2, -0.15) is 5.10 Å². The maximum absolute atomic E-state index is 12.2. The van der Waals surface area contributed by atoms with Crippen LogP contribution in [-0.2, 0) is 11.3 Å². The summed E-state index contributed by atoms with van der Waals surface area (Å²) < 4.78 is 1.15. The van der Waals surface area contributed by atoms with Gasteiger partial charge >= 0.3 is 0 Å². The van der Waals surface area contributed by atoms with Crippen molar-refractivity contribution in [2.24, 2.45) is 0 Å². The number of nitrogens with one attached hydrogen (secondary N) is 1. The van der Waals surface area contributed by atoms with Gasteiger partial charge in [0.2, 0.25) is 5.91 Å². The number of anilines is 1. The molecule has 3 heterocycles. The summed E-state index contributed by atoms with van der Waals surface area (Å²) in [5, 5.41) is 7.71. The number of carbonyl (C=O) groups is 1. The first-order valence-corrected chi connectivity index (χ1v) is 9.07. The van der Waals surface area contributed by atoms with Crippen molar-refractivity contribution in [2.45, 2.75) is 13.5 Å². The van der Waals surface area contributed by atoms with Crippen molar-refractivity contribution < 1.29 is 4.79 Å². The van der Waals surface area contributed by atoms with Gasteiger partial charge in [-0.15, -0.1) is 0 Å². The fourth-order valence-electron chi connectivity index (χ4n) is 2.59. The molecule has 0 atom stereocenters. The molecule has 7 nitrogen and oxygen atoms in total. The molecule has 0 unspecified atom stereocenters. The topological polar surface area (TPSA) is 89.8 Å². The Morgan fingerprint density at radius 2 is 1.96 bits per heavy atom. The molecule has 4 rings (SSSR count). The smallest absolute Gasteiger partial charge is 0.267 e. The van der Waals surface area contributed by atoms with E-state index in [2.05, 4.69) is 20.4 Å². The van der Waals surface area contributed by atoms with Gasteiger partial charge in [-0.25, -0.2) is 14.6 Å². The number of amides is 1. The summed E-state index contributed by atoms with van der Waals surface area (Å²) in [6.45, 7) is 1.63. The Balaban J connectivity index is 1.48. The molecular weight excluding hydrogens is 362 g/mol. The maximum atomic E-state index is 12.2. The summed E-state index contributed by atoms with van der Waals surface area (Å²) in [4.78, 5) is 33.7. The standard InChI is InChI=1S/C19H15N5O2S/c1-12-4-9-17(26)24(23-12)11-16(25)21-14-7-5-13(6-8-14)18-22-15-3-2-10-20-19(15)27-18/h2-10H,11H2,1H3,(H,21,25). The molecule has 1 N–H and O–H groups in total. The molecular formula is C19H15N5O2S.